The third-order valence-corrected chi connectivity index (χ3v) is 3.77. The molecule has 0 unspecified atom stereocenters. The number of H-pyrrole nitrogens is 2. The van der Waals surface area contributed by atoms with Crippen molar-refractivity contribution < 1.29 is 0 Å². The summed E-state index contributed by atoms with van der Waals surface area (Å²) in [6.45, 7) is 0. The Morgan fingerprint density at radius 1 is 0.455 bits per heavy atom. The zero-order valence-corrected chi connectivity index (χ0v) is 11.8. The number of aromatic amines is 2. The van der Waals surface area contributed by atoms with E-state index in [9.17, 15) is 0 Å². The highest BCUT2D eigenvalue weighted by Crippen LogP contribution is 2.26. The number of nitrogens with zero attached hydrogens (tertiary/aromatic N) is 2. The average molecular weight is 286 g/mol. The lowest BCUT2D eigenvalue weighted by Gasteiger charge is -2.05. The van der Waals surface area contributed by atoms with Crippen molar-refractivity contribution >= 4 is 0 Å². The van der Waals surface area contributed by atoms with Crippen LogP contribution in [-0.4, -0.2) is 20.4 Å². The molecule has 0 aliphatic heterocycles. The van der Waals surface area contributed by atoms with Gasteiger partial charge >= 0.3 is 0 Å². The van der Waals surface area contributed by atoms with Gasteiger partial charge in [-0.1, -0.05) is 48.5 Å². The summed E-state index contributed by atoms with van der Waals surface area (Å²) in [5, 5.41) is 13.6. The first-order valence-corrected chi connectivity index (χ1v) is 7.09. The summed E-state index contributed by atoms with van der Waals surface area (Å²) in [6.07, 6.45) is 7.45. The molecule has 0 aliphatic rings. The Kier molecular flexibility index (Phi) is 3.05. The standard InChI is InChI=1S/C18H14N4/c1-5-15(17-9-19-20-10-17)6-2-13(1)14-3-7-16(8-4-14)18-11-21-22-12-18/h1-12H,(H,19,20)(H,21,22). The number of hydrogen-bond donors (Lipinski definition) is 2. The molecule has 4 heteroatoms. The molecule has 0 amide bonds. The molecule has 2 N–H and O–H groups in total. The van der Waals surface area contributed by atoms with Gasteiger partial charge in [-0.15, -0.1) is 0 Å². The zero-order chi connectivity index (χ0) is 14.8. The molecule has 106 valence electrons. The third-order valence-electron chi connectivity index (χ3n) is 3.77. The average Bonchev–Trinajstić information content (AvgIpc) is 3.29. The highest BCUT2D eigenvalue weighted by molar-refractivity contribution is 5.72. The van der Waals surface area contributed by atoms with Gasteiger partial charge in [0.15, 0.2) is 0 Å². The molecule has 2 aromatic heterocycles. The number of hydrogen-bond acceptors (Lipinski definition) is 2. The van der Waals surface area contributed by atoms with E-state index in [2.05, 4.69) is 68.9 Å². The van der Waals surface area contributed by atoms with Gasteiger partial charge in [0, 0.05) is 23.5 Å². The van der Waals surface area contributed by atoms with Crippen LogP contribution < -0.4 is 0 Å². The van der Waals surface area contributed by atoms with Gasteiger partial charge in [-0.2, -0.15) is 10.2 Å². The molecule has 0 bridgehead atoms. The lowest BCUT2D eigenvalue weighted by Crippen LogP contribution is -1.80. The van der Waals surface area contributed by atoms with Crippen LogP contribution >= 0.6 is 0 Å². The second-order valence-electron chi connectivity index (χ2n) is 5.13. The van der Waals surface area contributed by atoms with Crippen LogP contribution in [0.5, 0.6) is 0 Å². The molecule has 0 saturated heterocycles. The lowest BCUT2D eigenvalue weighted by molar-refractivity contribution is 1.09. The maximum absolute atomic E-state index is 3.98. The summed E-state index contributed by atoms with van der Waals surface area (Å²) in [5.41, 5.74) is 6.92. The normalized spacial score (nSPS) is 10.7. The summed E-state index contributed by atoms with van der Waals surface area (Å²) in [7, 11) is 0. The van der Waals surface area contributed by atoms with Crippen molar-refractivity contribution in [3.63, 3.8) is 0 Å². The van der Waals surface area contributed by atoms with E-state index in [0.717, 1.165) is 22.3 Å². The van der Waals surface area contributed by atoms with Gasteiger partial charge in [0.25, 0.3) is 0 Å². The Bertz CT molecular complexity index is 767. The minimum atomic E-state index is 1.10. The molecule has 0 aliphatic carbocycles. The second-order valence-corrected chi connectivity index (χ2v) is 5.13. The predicted molar refractivity (Wildman–Crippen MR) is 87.0 cm³/mol. The Morgan fingerprint density at radius 2 is 0.773 bits per heavy atom. The molecule has 2 aromatic carbocycles. The summed E-state index contributed by atoms with van der Waals surface area (Å²) in [6, 6.07) is 17.0. The molecule has 0 fully saturated rings. The molecular formula is C18H14N4. The van der Waals surface area contributed by atoms with Crippen LogP contribution in [0.3, 0.4) is 0 Å². The highest BCUT2D eigenvalue weighted by atomic mass is 15.1. The zero-order valence-electron chi connectivity index (χ0n) is 11.8. The number of benzene rings is 2. The summed E-state index contributed by atoms with van der Waals surface area (Å²) in [5.74, 6) is 0. The van der Waals surface area contributed by atoms with Crippen molar-refractivity contribution in [3.05, 3.63) is 73.3 Å². The molecule has 0 spiro atoms. The summed E-state index contributed by atoms with van der Waals surface area (Å²) < 4.78 is 0. The Hall–Kier alpha value is -3.14. The Morgan fingerprint density at radius 3 is 1.05 bits per heavy atom. The van der Waals surface area contributed by atoms with Gasteiger partial charge in [0.05, 0.1) is 12.4 Å². The topological polar surface area (TPSA) is 57.4 Å². The van der Waals surface area contributed by atoms with E-state index in [1.807, 2.05) is 24.8 Å². The lowest BCUT2D eigenvalue weighted by atomic mass is 10.00. The van der Waals surface area contributed by atoms with E-state index in [-0.39, 0.29) is 0 Å². The van der Waals surface area contributed by atoms with Crippen molar-refractivity contribution in [2.45, 2.75) is 0 Å². The summed E-state index contributed by atoms with van der Waals surface area (Å²) in [4.78, 5) is 0. The smallest absolute Gasteiger partial charge is 0.0565 e. The van der Waals surface area contributed by atoms with Gasteiger partial charge in [0.1, 0.15) is 0 Å². The Balaban J connectivity index is 1.62. The fraction of sp³-hybridized carbons (Fsp3) is 0. The third kappa shape index (κ3) is 2.31. The van der Waals surface area contributed by atoms with Gasteiger partial charge in [0.2, 0.25) is 0 Å². The van der Waals surface area contributed by atoms with Gasteiger partial charge in [-0.05, 0) is 22.3 Å². The van der Waals surface area contributed by atoms with E-state index >= 15 is 0 Å². The van der Waals surface area contributed by atoms with E-state index < -0.39 is 0 Å². The molecule has 4 aromatic rings. The maximum Gasteiger partial charge on any atom is 0.0565 e. The fourth-order valence-electron chi connectivity index (χ4n) is 2.53. The van der Waals surface area contributed by atoms with Crippen molar-refractivity contribution in [1.29, 1.82) is 0 Å². The van der Waals surface area contributed by atoms with Crippen LogP contribution in [0.2, 0.25) is 0 Å². The van der Waals surface area contributed by atoms with Crippen LogP contribution in [0.1, 0.15) is 0 Å². The summed E-state index contributed by atoms with van der Waals surface area (Å²) >= 11 is 0. The monoisotopic (exact) mass is 286 g/mol. The molecular weight excluding hydrogens is 272 g/mol. The largest absolute Gasteiger partial charge is 0.285 e. The Labute approximate surface area is 127 Å². The van der Waals surface area contributed by atoms with E-state index in [4.69, 9.17) is 0 Å². The van der Waals surface area contributed by atoms with E-state index in [1.54, 1.807) is 0 Å². The van der Waals surface area contributed by atoms with Crippen molar-refractivity contribution in [2.24, 2.45) is 0 Å². The molecule has 22 heavy (non-hydrogen) atoms. The molecule has 0 atom stereocenters. The van der Waals surface area contributed by atoms with E-state index in [0.29, 0.717) is 0 Å². The van der Waals surface area contributed by atoms with Crippen LogP contribution in [0.25, 0.3) is 33.4 Å². The fourth-order valence-corrected chi connectivity index (χ4v) is 2.53. The quantitative estimate of drug-likeness (QED) is 0.595. The first kappa shape index (κ1) is 12.6. The van der Waals surface area contributed by atoms with Crippen LogP contribution in [0.15, 0.2) is 73.3 Å². The molecule has 4 nitrogen and oxygen atoms in total. The van der Waals surface area contributed by atoms with Gasteiger partial charge in [-0.3, -0.25) is 10.2 Å². The van der Waals surface area contributed by atoms with Crippen LogP contribution in [0, 0.1) is 0 Å². The van der Waals surface area contributed by atoms with Crippen LogP contribution in [-0.2, 0) is 0 Å². The van der Waals surface area contributed by atoms with Crippen LogP contribution in [0.4, 0.5) is 0 Å². The minimum Gasteiger partial charge on any atom is -0.285 e. The molecule has 4 rings (SSSR count). The molecule has 2 heterocycles. The second kappa shape index (κ2) is 5.33. The minimum absolute atomic E-state index is 1.10. The van der Waals surface area contributed by atoms with E-state index in [1.165, 1.54) is 11.1 Å². The first-order valence-electron chi connectivity index (χ1n) is 7.09. The highest BCUT2D eigenvalue weighted by Gasteiger charge is 2.03. The van der Waals surface area contributed by atoms with Gasteiger partial charge < -0.3 is 0 Å². The van der Waals surface area contributed by atoms with Gasteiger partial charge in [-0.25, -0.2) is 0 Å². The first-order chi connectivity index (χ1) is 10.9. The molecule has 0 saturated carbocycles. The number of aromatic nitrogens is 4. The van der Waals surface area contributed by atoms with Crippen molar-refractivity contribution in [1.82, 2.24) is 20.4 Å². The SMILES string of the molecule is c1cc(-c2cn[nH]c2)ccc1-c1ccc(-c2cn[nH]c2)cc1. The number of nitrogens with one attached hydrogen (secondary N) is 2. The molecule has 0 radical (unpaired) electrons. The van der Waals surface area contributed by atoms with Crippen molar-refractivity contribution in [3.8, 4) is 33.4 Å². The number of rotatable bonds is 3. The van der Waals surface area contributed by atoms with Crippen molar-refractivity contribution in [2.75, 3.05) is 0 Å². The predicted octanol–water partition coefficient (Wildman–Crippen LogP) is 4.13. The maximum atomic E-state index is 3.98.